The van der Waals surface area contributed by atoms with Crippen molar-refractivity contribution in [2.24, 2.45) is 0 Å². The molecule has 1 aliphatic rings. The lowest BCUT2D eigenvalue weighted by Gasteiger charge is -2.30. The van der Waals surface area contributed by atoms with Gasteiger partial charge in [-0.2, -0.15) is 0 Å². The standard InChI is InChI=1S/C10H10FNO3S/c1-10(2)9(13)12-7-5-6(11)3-4-8(7)16(10,14)15/h3-5H,1-2H3,(H,12,13). The monoisotopic (exact) mass is 243 g/mol. The summed E-state index contributed by atoms with van der Waals surface area (Å²) in [5, 5.41) is 2.39. The van der Waals surface area contributed by atoms with Gasteiger partial charge in [0.1, 0.15) is 10.6 Å². The van der Waals surface area contributed by atoms with E-state index < -0.39 is 26.3 Å². The summed E-state index contributed by atoms with van der Waals surface area (Å²) in [5.74, 6) is -1.24. The molecule has 0 aliphatic carbocycles. The Kier molecular flexibility index (Phi) is 2.10. The number of rotatable bonds is 0. The van der Waals surface area contributed by atoms with Crippen LogP contribution in [0.25, 0.3) is 0 Å². The van der Waals surface area contributed by atoms with Gasteiger partial charge in [0.25, 0.3) is 0 Å². The van der Waals surface area contributed by atoms with Gasteiger partial charge in [-0.15, -0.1) is 0 Å². The number of halogens is 1. The number of anilines is 1. The van der Waals surface area contributed by atoms with Crippen molar-refractivity contribution < 1.29 is 17.6 Å². The van der Waals surface area contributed by atoms with Crippen LogP contribution in [0.5, 0.6) is 0 Å². The van der Waals surface area contributed by atoms with Crippen molar-refractivity contribution in [1.29, 1.82) is 0 Å². The van der Waals surface area contributed by atoms with Crippen LogP contribution in [-0.2, 0) is 14.6 Å². The van der Waals surface area contributed by atoms with Crippen molar-refractivity contribution in [3.8, 4) is 0 Å². The molecule has 1 heterocycles. The van der Waals surface area contributed by atoms with E-state index in [9.17, 15) is 17.6 Å². The highest BCUT2D eigenvalue weighted by Gasteiger charge is 2.47. The van der Waals surface area contributed by atoms with Gasteiger partial charge >= 0.3 is 0 Å². The highest BCUT2D eigenvalue weighted by atomic mass is 32.2. The number of amides is 1. The molecule has 1 aliphatic heterocycles. The van der Waals surface area contributed by atoms with Crippen LogP contribution < -0.4 is 5.32 Å². The lowest BCUT2D eigenvalue weighted by Crippen LogP contribution is -2.48. The lowest BCUT2D eigenvalue weighted by atomic mass is 10.1. The Hall–Kier alpha value is -1.43. The maximum Gasteiger partial charge on any atom is 0.245 e. The molecular formula is C10H10FNO3S. The lowest BCUT2D eigenvalue weighted by molar-refractivity contribution is -0.118. The number of sulfone groups is 1. The first kappa shape index (κ1) is 11.1. The third kappa shape index (κ3) is 1.26. The fourth-order valence-corrected chi connectivity index (χ4v) is 3.00. The van der Waals surface area contributed by atoms with Gasteiger partial charge in [0.15, 0.2) is 9.84 Å². The average Bonchev–Trinajstić information content (AvgIpc) is 2.15. The van der Waals surface area contributed by atoms with E-state index >= 15 is 0 Å². The summed E-state index contributed by atoms with van der Waals surface area (Å²) in [6, 6.07) is 3.23. The van der Waals surface area contributed by atoms with E-state index in [-0.39, 0.29) is 10.6 Å². The van der Waals surface area contributed by atoms with Crippen molar-refractivity contribution in [3.05, 3.63) is 24.0 Å². The molecule has 6 heteroatoms. The maximum absolute atomic E-state index is 12.9. The third-order valence-corrected chi connectivity index (χ3v) is 5.16. The molecular weight excluding hydrogens is 233 g/mol. The number of carbonyl (C=O) groups excluding carboxylic acids is 1. The molecule has 1 aromatic carbocycles. The smallest absolute Gasteiger partial charge is 0.245 e. The molecule has 86 valence electrons. The van der Waals surface area contributed by atoms with Crippen LogP contribution in [0.3, 0.4) is 0 Å². The average molecular weight is 243 g/mol. The quantitative estimate of drug-likeness (QED) is 0.699. The fraction of sp³-hybridized carbons (Fsp3) is 0.300. The largest absolute Gasteiger partial charge is 0.323 e. The highest BCUT2D eigenvalue weighted by Crippen LogP contribution is 2.36. The molecule has 1 aromatic rings. The van der Waals surface area contributed by atoms with Crippen LogP contribution in [0.15, 0.2) is 23.1 Å². The molecule has 0 unspecified atom stereocenters. The first-order valence-electron chi connectivity index (χ1n) is 4.62. The molecule has 0 bridgehead atoms. The Morgan fingerprint density at radius 1 is 1.31 bits per heavy atom. The molecule has 4 nitrogen and oxygen atoms in total. The number of hydrogen-bond acceptors (Lipinski definition) is 3. The van der Waals surface area contributed by atoms with Gasteiger partial charge in [0, 0.05) is 0 Å². The van der Waals surface area contributed by atoms with E-state index in [2.05, 4.69) is 5.32 Å². The summed E-state index contributed by atoms with van der Waals surface area (Å²) in [7, 11) is -3.76. The van der Waals surface area contributed by atoms with E-state index in [1.165, 1.54) is 19.9 Å². The topological polar surface area (TPSA) is 63.2 Å². The van der Waals surface area contributed by atoms with Crippen molar-refractivity contribution >= 4 is 21.4 Å². The van der Waals surface area contributed by atoms with Crippen molar-refractivity contribution in [1.82, 2.24) is 0 Å². The van der Waals surface area contributed by atoms with Gasteiger partial charge in [0.2, 0.25) is 5.91 Å². The van der Waals surface area contributed by atoms with Crippen molar-refractivity contribution in [2.75, 3.05) is 5.32 Å². The number of carbonyl (C=O) groups is 1. The van der Waals surface area contributed by atoms with Crippen molar-refractivity contribution in [2.45, 2.75) is 23.5 Å². The molecule has 1 amide bonds. The zero-order chi connectivity index (χ0) is 12.1. The number of hydrogen-bond donors (Lipinski definition) is 1. The van der Waals surface area contributed by atoms with Crippen LogP contribution >= 0.6 is 0 Å². The molecule has 0 saturated carbocycles. The minimum Gasteiger partial charge on any atom is -0.323 e. The molecule has 16 heavy (non-hydrogen) atoms. The molecule has 0 aromatic heterocycles. The van der Waals surface area contributed by atoms with Crippen LogP contribution in [-0.4, -0.2) is 19.1 Å². The minimum atomic E-state index is -3.76. The van der Waals surface area contributed by atoms with Crippen LogP contribution in [0.2, 0.25) is 0 Å². The molecule has 0 atom stereocenters. The summed E-state index contributed by atoms with van der Waals surface area (Å²) in [6.45, 7) is 2.65. The zero-order valence-electron chi connectivity index (χ0n) is 8.74. The summed E-state index contributed by atoms with van der Waals surface area (Å²) < 4.78 is 35.5. The highest BCUT2D eigenvalue weighted by molar-refractivity contribution is 7.94. The Bertz CT molecular complexity index is 578. The van der Waals surface area contributed by atoms with Gasteiger partial charge in [-0.25, -0.2) is 12.8 Å². The van der Waals surface area contributed by atoms with Gasteiger partial charge in [0.05, 0.1) is 10.6 Å². The SMILES string of the molecule is CC1(C)C(=O)Nc2cc(F)ccc2S1(=O)=O. The van der Waals surface area contributed by atoms with E-state index in [0.29, 0.717) is 0 Å². The van der Waals surface area contributed by atoms with Gasteiger partial charge in [-0.3, -0.25) is 4.79 Å². The Morgan fingerprint density at radius 3 is 2.56 bits per heavy atom. The summed E-state index contributed by atoms with van der Waals surface area (Å²) in [5.41, 5.74) is 0.00400. The van der Waals surface area contributed by atoms with E-state index in [1.54, 1.807) is 0 Å². The molecule has 0 saturated heterocycles. The number of fused-ring (bicyclic) bond motifs is 1. The third-order valence-electron chi connectivity index (χ3n) is 2.70. The van der Waals surface area contributed by atoms with E-state index in [0.717, 1.165) is 12.1 Å². The maximum atomic E-state index is 12.9. The molecule has 1 N–H and O–H groups in total. The predicted octanol–water partition coefficient (Wildman–Crippen LogP) is 1.33. The van der Waals surface area contributed by atoms with Gasteiger partial charge < -0.3 is 5.32 Å². The van der Waals surface area contributed by atoms with E-state index in [4.69, 9.17) is 0 Å². The predicted molar refractivity (Wildman–Crippen MR) is 56.3 cm³/mol. The number of nitrogens with one attached hydrogen (secondary N) is 1. The Labute approximate surface area is 92.4 Å². The van der Waals surface area contributed by atoms with Crippen molar-refractivity contribution in [3.63, 3.8) is 0 Å². The second-order valence-corrected chi connectivity index (χ2v) is 6.58. The molecule has 2 rings (SSSR count). The second kappa shape index (κ2) is 3.04. The van der Waals surface area contributed by atoms with Gasteiger partial charge in [-0.05, 0) is 32.0 Å². The zero-order valence-corrected chi connectivity index (χ0v) is 9.56. The van der Waals surface area contributed by atoms with Crippen LogP contribution in [0.1, 0.15) is 13.8 Å². The normalized spacial score (nSPS) is 21.1. The fourth-order valence-electron chi connectivity index (χ4n) is 1.50. The summed E-state index contributed by atoms with van der Waals surface area (Å²) in [6.07, 6.45) is 0. The second-order valence-electron chi connectivity index (χ2n) is 4.11. The van der Waals surface area contributed by atoms with Gasteiger partial charge in [-0.1, -0.05) is 0 Å². The van der Waals surface area contributed by atoms with E-state index in [1.807, 2.05) is 0 Å². The molecule has 0 spiro atoms. The summed E-state index contributed by atoms with van der Waals surface area (Å²) >= 11 is 0. The first-order valence-corrected chi connectivity index (χ1v) is 6.11. The first-order chi connectivity index (χ1) is 7.26. The minimum absolute atomic E-state index is 0.00400. The van der Waals surface area contributed by atoms with Crippen LogP contribution in [0.4, 0.5) is 10.1 Å². The molecule has 0 radical (unpaired) electrons. The Morgan fingerprint density at radius 2 is 1.94 bits per heavy atom. The Balaban J connectivity index is 2.78. The number of benzene rings is 1. The molecule has 0 fully saturated rings. The van der Waals surface area contributed by atoms with Crippen LogP contribution in [0, 0.1) is 5.82 Å². The summed E-state index contributed by atoms with van der Waals surface area (Å²) in [4.78, 5) is 11.5.